The summed E-state index contributed by atoms with van der Waals surface area (Å²) in [7, 11) is 0. The van der Waals surface area contributed by atoms with Crippen LogP contribution in [0.4, 0.5) is 11.4 Å². The van der Waals surface area contributed by atoms with Crippen molar-refractivity contribution in [3.8, 4) is 11.4 Å². The summed E-state index contributed by atoms with van der Waals surface area (Å²) in [4.78, 5) is 24.8. The highest BCUT2D eigenvalue weighted by Crippen LogP contribution is 2.27. The summed E-state index contributed by atoms with van der Waals surface area (Å²) >= 11 is 1.60. The monoisotopic (exact) mass is 559 g/mol. The second-order valence-corrected chi connectivity index (χ2v) is 10.1. The van der Waals surface area contributed by atoms with Gasteiger partial charge in [0.1, 0.15) is 0 Å². The standard InChI is InChI=1S/C33H29N5O2S/c1-2-38-31(26-18-20-29(21-19-26)34-30(39)22-15-24-9-5-3-6-10-24)36-37-33(38)41-23-25-13-16-27(17-14-25)32(40)35-28-11-7-4-8-12-28/h3-22H,2,23H2,1H3,(H,34,39)(H,35,40). The van der Waals surface area contributed by atoms with Crippen LogP contribution in [0.1, 0.15) is 28.4 Å². The van der Waals surface area contributed by atoms with Crippen molar-refractivity contribution in [1.29, 1.82) is 0 Å². The fourth-order valence-corrected chi connectivity index (χ4v) is 5.10. The molecule has 0 radical (unpaired) electrons. The van der Waals surface area contributed by atoms with Crippen LogP contribution in [0.2, 0.25) is 0 Å². The Morgan fingerprint density at radius 2 is 1.44 bits per heavy atom. The van der Waals surface area contributed by atoms with Crippen LogP contribution in [0, 0.1) is 0 Å². The van der Waals surface area contributed by atoms with Gasteiger partial charge in [-0.1, -0.05) is 72.4 Å². The van der Waals surface area contributed by atoms with Gasteiger partial charge in [0.15, 0.2) is 11.0 Å². The zero-order valence-electron chi connectivity index (χ0n) is 22.5. The topological polar surface area (TPSA) is 88.9 Å². The van der Waals surface area contributed by atoms with Gasteiger partial charge in [-0.05, 0) is 72.7 Å². The van der Waals surface area contributed by atoms with Gasteiger partial charge >= 0.3 is 0 Å². The number of anilines is 2. The van der Waals surface area contributed by atoms with Gasteiger partial charge in [0.25, 0.3) is 5.91 Å². The maximum absolute atomic E-state index is 12.5. The molecule has 8 heteroatoms. The molecule has 0 atom stereocenters. The van der Waals surface area contributed by atoms with Crippen LogP contribution in [-0.2, 0) is 17.1 Å². The van der Waals surface area contributed by atoms with Crippen LogP contribution < -0.4 is 10.6 Å². The lowest BCUT2D eigenvalue weighted by atomic mass is 10.1. The maximum Gasteiger partial charge on any atom is 0.255 e. The highest BCUT2D eigenvalue weighted by molar-refractivity contribution is 7.98. The predicted molar refractivity (Wildman–Crippen MR) is 166 cm³/mol. The second kappa shape index (κ2) is 13.4. The van der Waals surface area contributed by atoms with Gasteiger partial charge in [0.05, 0.1) is 0 Å². The quantitative estimate of drug-likeness (QED) is 0.140. The van der Waals surface area contributed by atoms with E-state index < -0.39 is 0 Å². The SMILES string of the molecule is CCn1c(SCc2ccc(C(=O)Nc3ccccc3)cc2)nnc1-c1ccc(NC(=O)C=Cc2ccccc2)cc1. The van der Waals surface area contributed by atoms with E-state index in [2.05, 4.69) is 32.3 Å². The number of thioether (sulfide) groups is 1. The summed E-state index contributed by atoms with van der Waals surface area (Å²) in [6.45, 7) is 2.77. The molecule has 2 amide bonds. The number of aromatic nitrogens is 3. The number of rotatable bonds is 10. The normalized spacial score (nSPS) is 11.0. The lowest BCUT2D eigenvalue weighted by Gasteiger charge is -2.09. The van der Waals surface area contributed by atoms with Crippen molar-refractivity contribution in [2.75, 3.05) is 10.6 Å². The molecule has 1 aromatic heterocycles. The first-order chi connectivity index (χ1) is 20.1. The van der Waals surface area contributed by atoms with Crippen LogP contribution in [0.15, 0.2) is 120 Å². The van der Waals surface area contributed by atoms with Crippen LogP contribution in [0.3, 0.4) is 0 Å². The highest BCUT2D eigenvalue weighted by Gasteiger charge is 2.14. The molecule has 0 unspecified atom stereocenters. The third-order valence-electron chi connectivity index (χ3n) is 6.29. The molecule has 0 aliphatic carbocycles. The number of amides is 2. The number of nitrogens with zero attached hydrogens (tertiary/aromatic N) is 3. The van der Waals surface area contributed by atoms with Crippen LogP contribution in [0.25, 0.3) is 17.5 Å². The molecule has 0 saturated heterocycles. The van der Waals surface area contributed by atoms with E-state index >= 15 is 0 Å². The van der Waals surface area contributed by atoms with Crippen molar-refractivity contribution in [2.45, 2.75) is 24.4 Å². The first kappa shape index (κ1) is 27.6. The van der Waals surface area contributed by atoms with E-state index in [4.69, 9.17) is 0 Å². The Kier molecular flexibility index (Phi) is 9.03. The van der Waals surface area contributed by atoms with E-state index in [-0.39, 0.29) is 11.8 Å². The average Bonchev–Trinajstić information content (AvgIpc) is 3.43. The van der Waals surface area contributed by atoms with E-state index in [0.29, 0.717) is 23.5 Å². The van der Waals surface area contributed by atoms with Crippen molar-refractivity contribution in [1.82, 2.24) is 14.8 Å². The summed E-state index contributed by atoms with van der Waals surface area (Å²) in [6, 6.07) is 34.3. The lowest BCUT2D eigenvalue weighted by Crippen LogP contribution is -2.11. The highest BCUT2D eigenvalue weighted by atomic mass is 32.2. The minimum absolute atomic E-state index is 0.139. The van der Waals surface area contributed by atoms with E-state index in [9.17, 15) is 9.59 Å². The van der Waals surface area contributed by atoms with Crippen molar-refractivity contribution < 1.29 is 9.59 Å². The van der Waals surface area contributed by atoms with Crippen molar-refractivity contribution in [3.63, 3.8) is 0 Å². The summed E-state index contributed by atoms with van der Waals surface area (Å²) in [5.74, 6) is 1.13. The van der Waals surface area contributed by atoms with E-state index in [1.165, 1.54) is 6.08 Å². The summed E-state index contributed by atoms with van der Waals surface area (Å²) in [5, 5.41) is 15.5. The zero-order chi connectivity index (χ0) is 28.4. The molecular formula is C33H29N5O2S. The number of hydrogen-bond donors (Lipinski definition) is 2. The van der Waals surface area contributed by atoms with Crippen LogP contribution in [-0.4, -0.2) is 26.6 Å². The molecule has 0 fully saturated rings. The molecule has 5 aromatic rings. The first-order valence-electron chi connectivity index (χ1n) is 13.2. The van der Waals surface area contributed by atoms with E-state index in [0.717, 1.165) is 33.4 Å². The number of carbonyl (C=O) groups is 2. The number of hydrogen-bond acceptors (Lipinski definition) is 5. The summed E-state index contributed by atoms with van der Waals surface area (Å²) in [5.41, 5.74) is 5.04. The fraction of sp³-hybridized carbons (Fsp3) is 0.0909. The number of para-hydroxylation sites is 1. The van der Waals surface area contributed by atoms with E-state index in [1.807, 2.05) is 109 Å². The molecule has 7 nitrogen and oxygen atoms in total. The Labute approximate surface area is 243 Å². The van der Waals surface area contributed by atoms with Crippen molar-refractivity contribution in [3.05, 3.63) is 132 Å². The minimum atomic E-state index is -0.193. The lowest BCUT2D eigenvalue weighted by molar-refractivity contribution is -0.111. The van der Waals surface area contributed by atoms with Gasteiger partial charge in [-0.2, -0.15) is 0 Å². The van der Waals surface area contributed by atoms with Gasteiger partial charge in [-0.15, -0.1) is 10.2 Å². The minimum Gasteiger partial charge on any atom is -0.323 e. The molecule has 0 bridgehead atoms. The Morgan fingerprint density at radius 1 is 0.780 bits per heavy atom. The first-order valence-corrected chi connectivity index (χ1v) is 14.2. The molecular weight excluding hydrogens is 530 g/mol. The van der Waals surface area contributed by atoms with Crippen LogP contribution in [0.5, 0.6) is 0 Å². The predicted octanol–water partition coefficient (Wildman–Crippen LogP) is 7.16. The molecule has 5 rings (SSSR count). The fourth-order valence-electron chi connectivity index (χ4n) is 4.14. The molecule has 4 aromatic carbocycles. The number of carbonyl (C=O) groups excluding carboxylic acids is 2. The van der Waals surface area contributed by atoms with E-state index in [1.54, 1.807) is 17.8 Å². The third kappa shape index (κ3) is 7.38. The molecule has 204 valence electrons. The van der Waals surface area contributed by atoms with Gasteiger partial charge in [0, 0.05) is 40.9 Å². The Balaban J connectivity index is 1.18. The summed E-state index contributed by atoms with van der Waals surface area (Å²) < 4.78 is 2.07. The molecule has 41 heavy (non-hydrogen) atoms. The Morgan fingerprint density at radius 3 is 2.12 bits per heavy atom. The third-order valence-corrected chi connectivity index (χ3v) is 7.32. The van der Waals surface area contributed by atoms with Gasteiger partial charge in [-0.25, -0.2) is 0 Å². The molecule has 1 heterocycles. The van der Waals surface area contributed by atoms with Crippen LogP contribution >= 0.6 is 11.8 Å². The average molecular weight is 560 g/mol. The molecule has 0 spiro atoms. The number of nitrogens with one attached hydrogen (secondary N) is 2. The largest absolute Gasteiger partial charge is 0.323 e. The molecule has 0 aliphatic rings. The Hall–Kier alpha value is -4.95. The van der Waals surface area contributed by atoms with Gasteiger partial charge < -0.3 is 15.2 Å². The van der Waals surface area contributed by atoms with Gasteiger partial charge in [0.2, 0.25) is 5.91 Å². The molecule has 0 saturated carbocycles. The smallest absolute Gasteiger partial charge is 0.255 e. The van der Waals surface area contributed by atoms with Gasteiger partial charge in [-0.3, -0.25) is 9.59 Å². The molecule has 0 aliphatic heterocycles. The van der Waals surface area contributed by atoms with Crippen molar-refractivity contribution >= 4 is 41.0 Å². The second-order valence-electron chi connectivity index (χ2n) is 9.17. The maximum atomic E-state index is 12.5. The van der Waals surface area contributed by atoms with Crippen molar-refractivity contribution in [2.24, 2.45) is 0 Å². The summed E-state index contributed by atoms with van der Waals surface area (Å²) in [6.07, 6.45) is 3.30. The number of benzene rings is 4. The zero-order valence-corrected chi connectivity index (χ0v) is 23.3. The molecule has 2 N–H and O–H groups in total. The Bertz CT molecular complexity index is 1630.